The molecule has 150 valence electrons. The standard InChI is InChI=1S/C21H37NO4/c1-19(2,3)26-18(24)22-20(11-13-21(22,15-23)14-12-20)10-9-16-5-7-17(25-4)8-6-16/h16-17,23H,5-15H2,1-4H3. The summed E-state index contributed by atoms with van der Waals surface area (Å²) >= 11 is 0. The first kappa shape index (κ1) is 19.9. The van der Waals surface area contributed by atoms with Crippen LogP contribution in [0.2, 0.25) is 0 Å². The van der Waals surface area contributed by atoms with Crippen LogP contribution in [-0.2, 0) is 9.47 Å². The molecule has 0 aromatic heterocycles. The first-order valence-corrected chi connectivity index (χ1v) is 10.4. The van der Waals surface area contributed by atoms with Gasteiger partial charge in [0, 0.05) is 12.6 Å². The smallest absolute Gasteiger partial charge is 0.411 e. The number of nitrogens with zero attached hydrogens (tertiary/aromatic N) is 1. The van der Waals surface area contributed by atoms with Crippen molar-refractivity contribution in [2.24, 2.45) is 5.92 Å². The van der Waals surface area contributed by atoms with Crippen molar-refractivity contribution in [2.45, 2.75) is 108 Å². The van der Waals surface area contributed by atoms with Crippen molar-refractivity contribution in [3.05, 3.63) is 0 Å². The van der Waals surface area contributed by atoms with Crippen LogP contribution in [0.15, 0.2) is 0 Å². The fourth-order valence-electron chi connectivity index (χ4n) is 5.55. The van der Waals surface area contributed by atoms with E-state index in [1.165, 1.54) is 12.8 Å². The van der Waals surface area contributed by atoms with E-state index in [0.29, 0.717) is 6.10 Å². The minimum absolute atomic E-state index is 0.0486. The van der Waals surface area contributed by atoms with E-state index in [-0.39, 0.29) is 18.2 Å². The number of rotatable bonds is 5. The molecule has 0 radical (unpaired) electrons. The molecule has 3 fully saturated rings. The summed E-state index contributed by atoms with van der Waals surface area (Å²) in [5.74, 6) is 0.737. The molecule has 2 saturated heterocycles. The van der Waals surface area contributed by atoms with E-state index in [0.717, 1.165) is 57.3 Å². The van der Waals surface area contributed by atoms with Gasteiger partial charge in [0.1, 0.15) is 5.60 Å². The van der Waals surface area contributed by atoms with Crippen LogP contribution in [0.3, 0.4) is 0 Å². The van der Waals surface area contributed by atoms with Crippen molar-refractivity contribution in [3.63, 3.8) is 0 Å². The highest BCUT2D eigenvalue weighted by molar-refractivity contribution is 5.72. The summed E-state index contributed by atoms with van der Waals surface area (Å²) in [5.41, 5.74) is -1.01. The zero-order chi connectivity index (χ0) is 19.0. The molecule has 2 heterocycles. The first-order valence-electron chi connectivity index (χ1n) is 10.4. The number of hydrogen-bond donors (Lipinski definition) is 1. The summed E-state index contributed by atoms with van der Waals surface area (Å²) in [5, 5.41) is 10.1. The van der Waals surface area contributed by atoms with Gasteiger partial charge in [0.25, 0.3) is 0 Å². The second-order valence-corrected chi connectivity index (χ2v) is 9.84. The second-order valence-electron chi connectivity index (χ2n) is 9.84. The first-order chi connectivity index (χ1) is 12.2. The van der Waals surface area contributed by atoms with Crippen molar-refractivity contribution in [1.29, 1.82) is 0 Å². The highest BCUT2D eigenvalue weighted by atomic mass is 16.6. The minimum Gasteiger partial charge on any atom is -0.444 e. The number of ether oxygens (including phenoxy) is 2. The third-order valence-electron chi connectivity index (χ3n) is 7.08. The quantitative estimate of drug-likeness (QED) is 0.788. The van der Waals surface area contributed by atoms with Crippen molar-refractivity contribution >= 4 is 6.09 Å². The normalized spacial score (nSPS) is 37.2. The number of amides is 1. The highest BCUT2D eigenvalue weighted by Gasteiger charge is 2.62. The van der Waals surface area contributed by atoms with Crippen LogP contribution in [0, 0.1) is 5.92 Å². The lowest BCUT2D eigenvalue weighted by Crippen LogP contribution is -2.54. The molecule has 1 amide bonds. The van der Waals surface area contributed by atoms with Gasteiger partial charge in [-0.3, -0.25) is 4.90 Å². The predicted molar refractivity (Wildman–Crippen MR) is 101 cm³/mol. The predicted octanol–water partition coefficient (Wildman–Crippen LogP) is 4.27. The Kier molecular flexibility index (Phi) is 5.60. The number of aliphatic hydroxyl groups excluding tert-OH is 1. The Balaban J connectivity index is 1.67. The number of hydrogen-bond acceptors (Lipinski definition) is 4. The average molecular weight is 368 g/mol. The number of carbonyl (C=O) groups excluding carboxylic acids is 1. The van der Waals surface area contributed by atoms with Crippen molar-refractivity contribution in [2.75, 3.05) is 13.7 Å². The Morgan fingerprint density at radius 1 is 1.08 bits per heavy atom. The Labute approximate surface area is 158 Å². The summed E-state index contributed by atoms with van der Waals surface area (Å²) in [6.45, 7) is 5.78. The fraction of sp³-hybridized carbons (Fsp3) is 0.952. The van der Waals surface area contributed by atoms with Crippen LogP contribution in [0.25, 0.3) is 0 Å². The van der Waals surface area contributed by atoms with Gasteiger partial charge in [0.15, 0.2) is 0 Å². The number of aliphatic hydroxyl groups is 1. The number of carbonyl (C=O) groups is 1. The van der Waals surface area contributed by atoms with Crippen LogP contribution in [-0.4, -0.2) is 52.6 Å². The average Bonchev–Trinajstić information content (AvgIpc) is 3.10. The monoisotopic (exact) mass is 367 g/mol. The largest absolute Gasteiger partial charge is 0.444 e. The molecule has 26 heavy (non-hydrogen) atoms. The van der Waals surface area contributed by atoms with Gasteiger partial charge in [0.2, 0.25) is 0 Å². The van der Waals surface area contributed by atoms with E-state index < -0.39 is 11.1 Å². The van der Waals surface area contributed by atoms with Gasteiger partial charge >= 0.3 is 6.09 Å². The van der Waals surface area contributed by atoms with Crippen LogP contribution in [0.5, 0.6) is 0 Å². The number of methoxy groups -OCH3 is 1. The molecular formula is C21H37NO4. The lowest BCUT2D eigenvalue weighted by atomic mass is 9.76. The van der Waals surface area contributed by atoms with Gasteiger partial charge in [0.05, 0.1) is 18.2 Å². The molecule has 2 bridgehead atoms. The molecule has 0 unspecified atom stereocenters. The maximum atomic E-state index is 13.0. The molecule has 1 aliphatic carbocycles. The Bertz CT molecular complexity index is 497. The lowest BCUT2D eigenvalue weighted by Gasteiger charge is -2.40. The van der Waals surface area contributed by atoms with E-state index in [4.69, 9.17) is 9.47 Å². The van der Waals surface area contributed by atoms with Gasteiger partial charge < -0.3 is 14.6 Å². The van der Waals surface area contributed by atoms with E-state index >= 15 is 0 Å². The molecule has 5 heteroatoms. The lowest BCUT2D eigenvalue weighted by molar-refractivity contribution is -0.0168. The topological polar surface area (TPSA) is 59.0 Å². The molecule has 0 aromatic rings. The Morgan fingerprint density at radius 2 is 1.65 bits per heavy atom. The van der Waals surface area contributed by atoms with Gasteiger partial charge in [-0.25, -0.2) is 4.79 Å². The molecule has 1 saturated carbocycles. The van der Waals surface area contributed by atoms with E-state index in [1.54, 1.807) is 0 Å². The molecule has 5 nitrogen and oxygen atoms in total. The molecule has 3 aliphatic rings. The third kappa shape index (κ3) is 3.75. The van der Waals surface area contributed by atoms with Crippen molar-refractivity contribution in [3.8, 4) is 0 Å². The van der Waals surface area contributed by atoms with Gasteiger partial charge in [-0.15, -0.1) is 0 Å². The minimum atomic E-state index is -0.504. The van der Waals surface area contributed by atoms with Crippen molar-refractivity contribution < 1.29 is 19.4 Å². The molecule has 2 aliphatic heterocycles. The zero-order valence-corrected chi connectivity index (χ0v) is 17.1. The van der Waals surface area contributed by atoms with E-state index in [9.17, 15) is 9.90 Å². The summed E-state index contributed by atoms with van der Waals surface area (Å²) < 4.78 is 11.2. The SMILES string of the molecule is COC1CCC(CCC23CCC(CO)(CC2)N3C(=O)OC(C)(C)C)CC1. The van der Waals surface area contributed by atoms with Crippen LogP contribution < -0.4 is 0 Å². The van der Waals surface area contributed by atoms with Crippen molar-refractivity contribution in [1.82, 2.24) is 4.90 Å². The highest BCUT2D eigenvalue weighted by Crippen LogP contribution is 2.56. The molecule has 0 spiro atoms. The summed E-state index contributed by atoms with van der Waals surface area (Å²) in [7, 11) is 1.81. The third-order valence-corrected chi connectivity index (χ3v) is 7.08. The van der Waals surface area contributed by atoms with Gasteiger partial charge in [-0.2, -0.15) is 0 Å². The second kappa shape index (κ2) is 7.31. The van der Waals surface area contributed by atoms with Crippen LogP contribution in [0.4, 0.5) is 4.79 Å². The maximum absolute atomic E-state index is 13.0. The molecule has 0 aromatic carbocycles. The molecular weight excluding hydrogens is 330 g/mol. The maximum Gasteiger partial charge on any atom is 0.411 e. The van der Waals surface area contributed by atoms with E-state index in [2.05, 4.69) is 0 Å². The van der Waals surface area contributed by atoms with E-state index in [1.807, 2.05) is 32.8 Å². The molecule has 1 N–H and O–H groups in total. The summed E-state index contributed by atoms with van der Waals surface area (Å²) in [6.07, 6.45) is 11.0. The fourth-order valence-corrected chi connectivity index (χ4v) is 5.55. The summed E-state index contributed by atoms with van der Waals surface area (Å²) in [4.78, 5) is 15.0. The zero-order valence-electron chi connectivity index (χ0n) is 17.1. The number of fused-ring (bicyclic) bond motifs is 2. The molecule has 3 rings (SSSR count). The van der Waals surface area contributed by atoms with Crippen LogP contribution >= 0.6 is 0 Å². The van der Waals surface area contributed by atoms with Crippen LogP contribution in [0.1, 0.15) is 85.0 Å². The molecule has 0 atom stereocenters. The Hall–Kier alpha value is -0.810. The summed E-state index contributed by atoms with van der Waals surface area (Å²) in [6, 6.07) is 0. The Morgan fingerprint density at radius 3 is 2.15 bits per heavy atom. The van der Waals surface area contributed by atoms with Gasteiger partial charge in [-0.1, -0.05) is 0 Å². The van der Waals surface area contributed by atoms with Gasteiger partial charge in [-0.05, 0) is 90.9 Å².